The van der Waals surface area contributed by atoms with Crippen LogP contribution in [0.4, 0.5) is 0 Å². The van der Waals surface area contributed by atoms with Crippen LogP contribution in [0.15, 0.2) is 0 Å². The van der Waals surface area contributed by atoms with Gasteiger partial charge >= 0.3 is 0 Å². The number of hydrogen-bond donors (Lipinski definition) is 1. The minimum atomic E-state index is 1.02. The van der Waals surface area contributed by atoms with Gasteiger partial charge in [0.2, 0.25) is 0 Å². The zero-order valence-corrected chi connectivity index (χ0v) is 5.97. The maximum Gasteiger partial charge on any atom is 0.0771 e. The molecule has 2 aliphatic carbocycles. The summed E-state index contributed by atoms with van der Waals surface area (Å²) in [6.45, 7) is 1.20. The molecule has 0 aliphatic heterocycles. The van der Waals surface area contributed by atoms with E-state index in [4.69, 9.17) is 0 Å². The second kappa shape index (κ2) is 1.98. The maximum absolute atomic E-state index is 3.99. The molecule has 2 aliphatic rings. The molecule has 3 atom stereocenters. The quantitative estimate of drug-likeness (QED) is 0.534. The van der Waals surface area contributed by atoms with E-state index in [0.29, 0.717) is 0 Å². The van der Waals surface area contributed by atoms with Crippen molar-refractivity contribution in [1.82, 2.24) is 0 Å². The summed E-state index contributed by atoms with van der Waals surface area (Å²) in [4.78, 5) is 0. The second-order valence-corrected chi connectivity index (χ2v) is 3.72. The van der Waals surface area contributed by atoms with E-state index in [-0.39, 0.29) is 0 Å². The second-order valence-electron chi connectivity index (χ2n) is 3.72. The molecule has 2 rings (SSSR count). The highest BCUT2D eigenvalue weighted by molar-refractivity contribution is 4.89. The lowest BCUT2D eigenvalue weighted by atomic mass is 9.89. The molecule has 0 aromatic rings. The van der Waals surface area contributed by atoms with E-state index in [2.05, 4.69) is 5.73 Å². The smallest absolute Gasteiger partial charge is 0.0771 e. The van der Waals surface area contributed by atoms with Crippen molar-refractivity contribution in [3.8, 4) is 0 Å². The van der Waals surface area contributed by atoms with Crippen molar-refractivity contribution in [2.45, 2.75) is 25.7 Å². The third-order valence-electron chi connectivity index (χ3n) is 3.26. The molecule has 52 valence electrons. The van der Waals surface area contributed by atoms with Gasteiger partial charge in [-0.05, 0) is 31.1 Å². The summed E-state index contributed by atoms with van der Waals surface area (Å²) in [5.41, 5.74) is 3.99. The van der Waals surface area contributed by atoms with E-state index in [1.165, 1.54) is 25.8 Å². The normalized spacial score (nSPS) is 48.3. The lowest BCUT2D eigenvalue weighted by Crippen LogP contribution is -2.54. The number of quaternary nitrogens is 1. The van der Waals surface area contributed by atoms with Crippen LogP contribution in [-0.2, 0) is 0 Å². The average molecular weight is 126 g/mol. The van der Waals surface area contributed by atoms with Crippen molar-refractivity contribution >= 4 is 0 Å². The molecule has 2 fully saturated rings. The van der Waals surface area contributed by atoms with Gasteiger partial charge in [-0.25, -0.2) is 0 Å². The van der Waals surface area contributed by atoms with Crippen LogP contribution in [0, 0.1) is 17.8 Å². The number of hydrogen-bond acceptors (Lipinski definition) is 0. The minimum Gasteiger partial charge on any atom is -0.357 e. The zero-order valence-electron chi connectivity index (χ0n) is 5.97. The molecule has 0 aromatic carbocycles. The Kier molecular flexibility index (Phi) is 1.26. The monoisotopic (exact) mass is 126 g/mol. The standard InChI is InChI=1S/C8H15N/c9-5-8-4-6-1-2-7(8)3-6/h6-8H,1-5,9H2/p+1/t6-,7+,8-/m1/s1. The van der Waals surface area contributed by atoms with E-state index >= 15 is 0 Å². The highest BCUT2D eigenvalue weighted by Gasteiger charge is 2.39. The minimum absolute atomic E-state index is 1.02. The van der Waals surface area contributed by atoms with Crippen LogP contribution in [0.2, 0.25) is 0 Å². The topological polar surface area (TPSA) is 27.6 Å². The summed E-state index contributed by atoms with van der Waals surface area (Å²) in [5.74, 6) is 3.22. The summed E-state index contributed by atoms with van der Waals surface area (Å²) in [6.07, 6.45) is 6.10. The highest BCUT2D eigenvalue weighted by Crippen LogP contribution is 2.47. The predicted molar refractivity (Wildman–Crippen MR) is 36.7 cm³/mol. The van der Waals surface area contributed by atoms with Crippen molar-refractivity contribution in [1.29, 1.82) is 0 Å². The highest BCUT2D eigenvalue weighted by atomic mass is 14.6. The van der Waals surface area contributed by atoms with Crippen molar-refractivity contribution in [3.05, 3.63) is 0 Å². The van der Waals surface area contributed by atoms with E-state index in [9.17, 15) is 0 Å². The third kappa shape index (κ3) is 0.787. The summed E-state index contributed by atoms with van der Waals surface area (Å²) in [7, 11) is 0. The van der Waals surface area contributed by atoms with Crippen molar-refractivity contribution in [3.63, 3.8) is 0 Å². The van der Waals surface area contributed by atoms with Crippen LogP contribution in [0.5, 0.6) is 0 Å². The Bertz CT molecular complexity index is 111. The molecule has 3 N–H and O–H groups in total. The van der Waals surface area contributed by atoms with Gasteiger partial charge in [0.1, 0.15) is 0 Å². The van der Waals surface area contributed by atoms with E-state index in [1.807, 2.05) is 0 Å². The first-order valence-corrected chi connectivity index (χ1v) is 4.19. The SMILES string of the molecule is [NH3+]C[C@H]1C[C@@H]2CC[C@H]1C2. The Morgan fingerprint density at radius 3 is 2.44 bits per heavy atom. The summed E-state index contributed by atoms with van der Waals surface area (Å²) in [5, 5.41) is 0. The van der Waals surface area contributed by atoms with Crippen LogP contribution >= 0.6 is 0 Å². The maximum atomic E-state index is 3.99. The van der Waals surface area contributed by atoms with Gasteiger partial charge in [0.15, 0.2) is 0 Å². The molecule has 1 heteroatoms. The molecular formula is C8H16N+. The van der Waals surface area contributed by atoms with Crippen LogP contribution in [0.1, 0.15) is 25.7 Å². The Labute approximate surface area is 56.6 Å². The molecule has 0 saturated heterocycles. The van der Waals surface area contributed by atoms with Gasteiger partial charge in [0.25, 0.3) is 0 Å². The molecule has 0 unspecified atom stereocenters. The number of fused-ring (bicyclic) bond motifs is 2. The average Bonchev–Trinajstić information content (AvgIpc) is 2.45. The molecule has 2 bridgehead atoms. The van der Waals surface area contributed by atoms with E-state index in [0.717, 1.165) is 17.8 Å². The number of rotatable bonds is 1. The van der Waals surface area contributed by atoms with Crippen LogP contribution in [0.25, 0.3) is 0 Å². The van der Waals surface area contributed by atoms with Crippen LogP contribution < -0.4 is 5.73 Å². The molecule has 9 heavy (non-hydrogen) atoms. The first-order valence-electron chi connectivity index (χ1n) is 4.19. The van der Waals surface area contributed by atoms with Gasteiger partial charge in [0, 0.05) is 5.92 Å². The Hall–Kier alpha value is -0.0400. The molecule has 0 radical (unpaired) electrons. The van der Waals surface area contributed by atoms with Gasteiger partial charge < -0.3 is 5.73 Å². The van der Waals surface area contributed by atoms with Crippen molar-refractivity contribution in [2.75, 3.05) is 6.54 Å². The molecule has 0 spiro atoms. The van der Waals surface area contributed by atoms with E-state index in [1.54, 1.807) is 6.42 Å². The first kappa shape index (κ1) is 5.72. The molecule has 0 amide bonds. The van der Waals surface area contributed by atoms with Crippen molar-refractivity contribution in [2.24, 2.45) is 17.8 Å². The third-order valence-corrected chi connectivity index (χ3v) is 3.26. The lowest BCUT2D eigenvalue weighted by molar-refractivity contribution is -0.381. The first-order chi connectivity index (χ1) is 4.40. The molecule has 2 saturated carbocycles. The van der Waals surface area contributed by atoms with Gasteiger partial charge in [-0.3, -0.25) is 0 Å². The fraction of sp³-hybridized carbons (Fsp3) is 1.00. The van der Waals surface area contributed by atoms with Gasteiger partial charge in [-0.2, -0.15) is 0 Å². The summed E-state index contributed by atoms with van der Waals surface area (Å²) in [6, 6.07) is 0. The largest absolute Gasteiger partial charge is 0.357 e. The van der Waals surface area contributed by atoms with E-state index < -0.39 is 0 Å². The Balaban J connectivity index is 2.01. The zero-order chi connectivity index (χ0) is 6.27. The lowest BCUT2D eigenvalue weighted by Gasteiger charge is -2.16. The predicted octanol–water partition coefficient (Wildman–Crippen LogP) is 0.664. The van der Waals surface area contributed by atoms with Gasteiger partial charge in [-0.1, -0.05) is 6.42 Å². The molecule has 1 nitrogen and oxygen atoms in total. The molecule has 0 heterocycles. The summed E-state index contributed by atoms with van der Waals surface area (Å²) < 4.78 is 0. The fourth-order valence-corrected chi connectivity index (χ4v) is 2.73. The van der Waals surface area contributed by atoms with Crippen LogP contribution in [0.3, 0.4) is 0 Å². The summed E-state index contributed by atoms with van der Waals surface area (Å²) >= 11 is 0. The van der Waals surface area contributed by atoms with Crippen LogP contribution in [-0.4, -0.2) is 6.54 Å². The Morgan fingerprint density at radius 2 is 2.11 bits per heavy atom. The van der Waals surface area contributed by atoms with Gasteiger partial charge in [-0.15, -0.1) is 0 Å². The Morgan fingerprint density at radius 1 is 1.22 bits per heavy atom. The fourth-order valence-electron chi connectivity index (χ4n) is 2.73. The molecule has 0 aromatic heterocycles. The van der Waals surface area contributed by atoms with Crippen molar-refractivity contribution < 1.29 is 5.73 Å². The van der Waals surface area contributed by atoms with Gasteiger partial charge in [0.05, 0.1) is 6.54 Å². The molecular weight excluding hydrogens is 110 g/mol.